The molecule has 2 rings (SSSR count). The van der Waals surface area contributed by atoms with Crippen molar-refractivity contribution < 1.29 is 13.2 Å². The zero-order valence-electron chi connectivity index (χ0n) is 11.7. The Hall–Kier alpha value is -1.80. The van der Waals surface area contributed by atoms with Crippen LogP contribution in [0.15, 0.2) is 28.1 Å². The molecule has 1 aromatic carbocycles. The number of anilines is 1. The first-order chi connectivity index (χ1) is 9.42. The topological polar surface area (TPSA) is 83.0 Å². The molecule has 0 saturated carbocycles. The van der Waals surface area contributed by atoms with Crippen molar-refractivity contribution in [1.29, 1.82) is 0 Å². The number of guanidine groups is 1. The molecule has 20 heavy (non-hydrogen) atoms. The standard InChI is InChI=1S/C12H18N4O3S/c1-16(2)7-6-13-12-14-10-5-4-9(19-3)8-11(10)20(17,18)15-12/h4-5,8H,6-7H2,1-3H3,(H2,13,14,15). The van der Waals surface area contributed by atoms with Gasteiger partial charge < -0.3 is 15.0 Å². The van der Waals surface area contributed by atoms with E-state index in [0.29, 0.717) is 18.0 Å². The Morgan fingerprint density at radius 3 is 2.75 bits per heavy atom. The van der Waals surface area contributed by atoms with Crippen LogP contribution in [0.25, 0.3) is 0 Å². The van der Waals surface area contributed by atoms with Crippen LogP contribution in [-0.4, -0.2) is 53.6 Å². The minimum atomic E-state index is -3.61. The number of benzene rings is 1. The molecule has 0 atom stereocenters. The highest BCUT2D eigenvalue weighted by molar-refractivity contribution is 7.90. The molecule has 0 saturated heterocycles. The van der Waals surface area contributed by atoms with Gasteiger partial charge in [-0.2, -0.15) is 0 Å². The van der Waals surface area contributed by atoms with Crippen LogP contribution >= 0.6 is 0 Å². The summed E-state index contributed by atoms with van der Waals surface area (Å²) in [7, 11) is 1.74. The van der Waals surface area contributed by atoms with Crippen molar-refractivity contribution >= 4 is 21.7 Å². The highest BCUT2D eigenvalue weighted by Crippen LogP contribution is 2.28. The summed E-state index contributed by atoms with van der Waals surface area (Å²) in [6.45, 7) is 1.24. The summed E-state index contributed by atoms with van der Waals surface area (Å²) in [4.78, 5) is 6.33. The Bertz CT molecular complexity index is 626. The Kier molecular flexibility index (Phi) is 4.15. The second-order valence-corrected chi connectivity index (χ2v) is 6.28. The third kappa shape index (κ3) is 3.20. The number of nitrogens with one attached hydrogen (secondary N) is 2. The molecule has 0 spiro atoms. The van der Waals surface area contributed by atoms with E-state index in [1.807, 2.05) is 19.0 Å². The van der Waals surface area contributed by atoms with Gasteiger partial charge >= 0.3 is 0 Å². The van der Waals surface area contributed by atoms with Gasteiger partial charge in [0.2, 0.25) is 5.96 Å². The maximum Gasteiger partial charge on any atom is 0.266 e. The average molecular weight is 298 g/mol. The maximum absolute atomic E-state index is 12.2. The molecule has 0 bridgehead atoms. The van der Waals surface area contributed by atoms with E-state index in [1.165, 1.54) is 13.2 Å². The van der Waals surface area contributed by atoms with Crippen LogP contribution in [0.4, 0.5) is 5.69 Å². The first-order valence-electron chi connectivity index (χ1n) is 6.09. The second-order valence-electron chi connectivity index (χ2n) is 4.63. The van der Waals surface area contributed by atoms with Crippen molar-refractivity contribution in [2.75, 3.05) is 39.6 Å². The summed E-state index contributed by atoms with van der Waals surface area (Å²) >= 11 is 0. The minimum Gasteiger partial charge on any atom is -0.497 e. The number of fused-ring (bicyclic) bond motifs is 1. The van der Waals surface area contributed by atoms with Gasteiger partial charge in [-0.05, 0) is 26.2 Å². The smallest absolute Gasteiger partial charge is 0.266 e. The lowest BCUT2D eigenvalue weighted by molar-refractivity contribution is 0.413. The predicted octanol–water partition coefficient (Wildman–Crippen LogP) is 0.317. The van der Waals surface area contributed by atoms with E-state index in [0.717, 1.165) is 6.54 Å². The van der Waals surface area contributed by atoms with Gasteiger partial charge in [0.25, 0.3) is 10.0 Å². The average Bonchev–Trinajstić information content (AvgIpc) is 2.37. The van der Waals surface area contributed by atoms with Gasteiger partial charge in [-0.1, -0.05) is 0 Å². The van der Waals surface area contributed by atoms with Crippen molar-refractivity contribution in [3.8, 4) is 5.75 Å². The highest BCUT2D eigenvalue weighted by atomic mass is 32.2. The van der Waals surface area contributed by atoms with Crippen LogP contribution in [0.5, 0.6) is 5.75 Å². The van der Waals surface area contributed by atoms with Crippen LogP contribution in [0, 0.1) is 0 Å². The van der Waals surface area contributed by atoms with Crippen LogP contribution in [0.2, 0.25) is 0 Å². The van der Waals surface area contributed by atoms with Crippen molar-refractivity contribution in [1.82, 2.24) is 9.62 Å². The molecule has 1 heterocycles. The van der Waals surface area contributed by atoms with Crippen LogP contribution in [0.1, 0.15) is 0 Å². The summed E-state index contributed by atoms with van der Waals surface area (Å²) < 4.78 is 31.7. The number of nitrogens with zero attached hydrogens (tertiary/aromatic N) is 2. The highest BCUT2D eigenvalue weighted by Gasteiger charge is 2.26. The number of hydrogen-bond acceptors (Lipinski definition) is 5. The summed E-state index contributed by atoms with van der Waals surface area (Å²) in [6.07, 6.45) is 0. The third-order valence-corrected chi connectivity index (χ3v) is 4.16. The van der Waals surface area contributed by atoms with Gasteiger partial charge in [0, 0.05) is 12.6 Å². The molecule has 0 fully saturated rings. The Balaban J connectivity index is 2.27. The lowest BCUT2D eigenvalue weighted by Gasteiger charge is -2.22. The second kappa shape index (κ2) is 5.68. The zero-order valence-corrected chi connectivity index (χ0v) is 12.5. The van der Waals surface area contributed by atoms with Crippen molar-refractivity contribution in [3.05, 3.63) is 18.2 Å². The fraction of sp³-hybridized carbons (Fsp3) is 0.417. The number of aliphatic imine (C=N–C) groups is 1. The van der Waals surface area contributed by atoms with Crippen molar-refractivity contribution in [2.24, 2.45) is 4.99 Å². The van der Waals surface area contributed by atoms with E-state index >= 15 is 0 Å². The van der Waals surface area contributed by atoms with Crippen LogP contribution < -0.4 is 14.8 Å². The van der Waals surface area contributed by atoms with Gasteiger partial charge in [-0.15, -0.1) is 0 Å². The van der Waals surface area contributed by atoms with Crippen LogP contribution in [0.3, 0.4) is 0 Å². The van der Waals surface area contributed by atoms with E-state index in [4.69, 9.17) is 4.74 Å². The minimum absolute atomic E-state index is 0.156. The molecule has 0 radical (unpaired) electrons. The fourth-order valence-corrected chi connectivity index (χ4v) is 2.88. The molecule has 2 N–H and O–H groups in total. The molecule has 0 aromatic heterocycles. The lowest BCUT2D eigenvalue weighted by Crippen LogP contribution is -2.41. The molecule has 1 aliphatic heterocycles. The number of likely N-dealkylation sites (N-methyl/N-ethyl adjacent to an activating group) is 1. The molecule has 1 aromatic rings. The fourth-order valence-electron chi connectivity index (χ4n) is 1.72. The van der Waals surface area contributed by atoms with E-state index in [9.17, 15) is 8.42 Å². The molecule has 0 amide bonds. The van der Waals surface area contributed by atoms with Gasteiger partial charge in [-0.3, -0.25) is 4.99 Å². The van der Waals surface area contributed by atoms with Crippen molar-refractivity contribution in [2.45, 2.75) is 4.90 Å². The van der Waals surface area contributed by atoms with Crippen molar-refractivity contribution in [3.63, 3.8) is 0 Å². The Morgan fingerprint density at radius 2 is 2.10 bits per heavy atom. The summed E-state index contributed by atoms with van der Waals surface area (Å²) in [6, 6.07) is 4.83. The summed E-state index contributed by atoms with van der Waals surface area (Å²) in [5.74, 6) is 0.730. The molecular weight excluding hydrogens is 280 g/mol. The maximum atomic E-state index is 12.2. The number of sulfonamides is 1. The Morgan fingerprint density at radius 1 is 1.35 bits per heavy atom. The SMILES string of the molecule is COc1ccc2c(c1)S(=O)(=O)NC(=NCCN(C)C)N2. The number of rotatable bonds is 4. The monoisotopic (exact) mass is 298 g/mol. The molecule has 0 unspecified atom stereocenters. The molecule has 8 heteroatoms. The largest absolute Gasteiger partial charge is 0.497 e. The first kappa shape index (κ1) is 14.6. The number of ether oxygens (including phenoxy) is 1. The van der Waals surface area contributed by atoms with E-state index in [-0.39, 0.29) is 10.9 Å². The zero-order chi connectivity index (χ0) is 14.8. The van der Waals surface area contributed by atoms with E-state index in [1.54, 1.807) is 12.1 Å². The van der Waals surface area contributed by atoms with E-state index < -0.39 is 10.0 Å². The normalized spacial score (nSPS) is 18.3. The van der Waals surface area contributed by atoms with Gasteiger partial charge in [0.15, 0.2) is 0 Å². The van der Waals surface area contributed by atoms with Crippen LogP contribution in [-0.2, 0) is 10.0 Å². The summed E-state index contributed by atoms with van der Waals surface area (Å²) in [5, 5.41) is 2.96. The first-order valence-corrected chi connectivity index (χ1v) is 7.58. The quantitative estimate of drug-likeness (QED) is 0.836. The molecule has 110 valence electrons. The molecule has 0 aliphatic carbocycles. The predicted molar refractivity (Wildman–Crippen MR) is 77.8 cm³/mol. The Labute approximate surface area is 118 Å². The lowest BCUT2D eigenvalue weighted by atomic mass is 10.3. The third-order valence-electron chi connectivity index (χ3n) is 2.78. The van der Waals surface area contributed by atoms with E-state index in [2.05, 4.69) is 15.0 Å². The van der Waals surface area contributed by atoms with Gasteiger partial charge in [0.05, 0.1) is 19.3 Å². The molecule has 7 nitrogen and oxygen atoms in total. The number of hydrogen-bond donors (Lipinski definition) is 2. The molecular formula is C12H18N4O3S. The van der Waals surface area contributed by atoms with Gasteiger partial charge in [0.1, 0.15) is 10.6 Å². The van der Waals surface area contributed by atoms with Gasteiger partial charge in [-0.25, -0.2) is 13.1 Å². The summed E-state index contributed by atoms with van der Waals surface area (Å²) in [5.41, 5.74) is 0.494. The number of methoxy groups -OCH3 is 1. The molecule has 1 aliphatic rings.